The number of carbonyl (C=O) groups is 2. The molecule has 1 amide bonds. The Balaban J connectivity index is 1.72. The molecule has 2 atom stereocenters. The van der Waals surface area contributed by atoms with Gasteiger partial charge in [0.1, 0.15) is 0 Å². The van der Waals surface area contributed by atoms with Crippen LogP contribution in [-0.2, 0) is 22.6 Å². The van der Waals surface area contributed by atoms with Crippen molar-refractivity contribution in [2.45, 2.75) is 25.0 Å². The molecule has 1 aliphatic rings. The molecule has 0 fully saturated rings. The number of carbonyl (C=O) groups excluding carboxylic acids is 1. The van der Waals surface area contributed by atoms with Crippen molar-refractivity contribution in [1.29, 1.82) is 0 Å². The van der Waals surface area contributed by atoms with E-state index in [1.165, 1.54) is 5.56 Å². The molecule has 0 bridgehead atoms. The number of carboxylic acids is 1. The fourth-order valence-electron chi connectivity index (χ4n) is 2.82. The molecule has 0 unspecified atom stereocenters. The van der Waals surface area contributed by atoms with Gasteiger partial charge in [0.05, 0.1) is 6.04 Å². The van der Waals surface area contributed by atoms with Crippen LogP contribution in [0, 0.1) is 0 Å². The van der Waals surface area contributed by atoms with Gasteiger partial charge < -0.3 is 15.7 Å². The first-order chi connectivity index (χ1) is 11.1. The first kappa shape index (κ1) is 15.2. The number of hydrogen-bond acceptors (Lipinski definition) is 3. The molecular weight excluding hydrogens is 292 g/mol. The second kappa shape index (κ2) is 6.62. The molecule has 0 radical (unpaired) electrons. The van der Waals surface area contributed by atoms with Gasteiger partial charge in [0, 0.05) is 6.54 Å². The Morgan fingerprint density at radius 3 is 2.39 bits per heavy atom. The average Bonchev–Trinajstić information content (AvgIpc) is 2.59. The lowest BCUT2D eigenvalue weighted by Crippen LogP contribution is -2.49. The zero-order valence-electron chi connectivity index (χ0n) is 12.5. The van der Waals surface area contributed by atoms with Crippen LogP contribution >= 0.6 is 0 Å². The van der Waals surface area contributed by atoms with E-state index in [9.17, 15) is 14.7 Å². The van der Waals surface area contributed by atoms with E-state index >= 15 is 0 Å². The summed E-state index contributed by atoms with van der Waals surface area (Å²) in [5.74, 6) is -1.36. The summed E-state index contributed by atoms with van der Waals surface area (Å²) in [6.45, 7) is 0.608. The van der Waals surface area contributed by atoms with Crippen LogP contribution in [0.5, 0.6) is 0 Å². The van der Waals surface area contributed by atoms with Crippen LogP contribution in [0.3, 0.4) is 0 Å². The predicted octanol–water partition coefficient (Wildman–Crippen LogP) is 1.64. The van der Waals surface area contributed by atoms with E-state index in [1.807, 2.05) is 30.3 Å². The van der Waals surface area contributed by atoms with Gasteiger partial charge in [-0.2, -0.15) is 0 Å². The molecule has 5 heteroatoms. The lowest BCUT2D eigenvalue weighted by molar-refractivity contribution is -0.142. The van der Waals surface area contributed by atoms with E-state index in [4.69, 9.17) is 0 Å². The largest absolute Gasteiger partial charge is 0.479 e. The van der Waals surface area contributed by atoms with Gasteiger partial charge in [-0.15, -0.1) is 0 Å². The Morgan fingerprint density at radius 2 is 1.70 bits per heavy atom. The molecule has 0 saturated carbocycles. The van der Waals surface area contributed by atoms with Gasteiger partial charge >= 0.3 is 5.97 Å². The molecule has 5 nitrogen and oxygen atoms in total. The molecule has 1 heterocycles. The Morgan fingerprint density at radius 1 is 1.04 bits per heavy atom. The van der Waals surface area contributed by atoms with Gasteiger partial charge in [0.25, 0.3) is 0 Å². The maximum atomic E-state index is 12.5. The lowest BCUT2D eigenvalue weighted by Gasteiger charge is -2.26. The standard InChI is InChI=1S/C18H18N2O3/c21-17(15-10-13-8-4-5-9-14(13)11-19-15)20-16(18(22)23)12-6-2-1-3-7-12/h1-9,15-16,19H,10-11H2,(H,20,21)(H,22,23)/t15-,16-/m1/s1. The quantitative estimate of drug-likeness (QED) is 0.802. The van der Waals surface area contributed by atoms with Gasteiger partial charge in [0.2, 0.25) is 5.91 Å². The minimum absolute atomic E-state index is 0.296. The molecule has 23 heavy (non-hydrogen) atoms. The maximum Gasteiger partial charge on any atom is 0.330 e. The Kier molecular flexibility index (Phi) is 4.39. The van der Waals surface area contributed by atoms with Crippen molar-refractivity contribution in [2.24, 2.45) is 0 Å². The summed E-state index contributed by atoms with van der Waals surface area (Å²) in [4.78, 5) is 23.9. The van der Waals surface area contributed by atoms with Crippen molar-refractivity contribution in [3.63, 3.8) is 0 Å². The molecular formula is C18H18N2O3. The molecule has 3 N–H and O–H groups in total. The summed E-state index contributed by atoms with van der Waals surface area (Å²) < 4.78 is 0. The SMILES string of the molecule is O=C(N[C@@H](C(=O)O)c1ccccc1)[C@H]1Cc2ccccc2CN1. The number of carboxylic acid groups (broad SMARTS) is 1. The van der Waals surface area contributed by atoms with E-state index in [2.05, 4.69) is 10.6 Å². The average molecular weight is 310 g/mol. The smallest absolute Gasteiger partial charge is 0.330 e. The molecule has 0 aromatic heterocycles. The molecule has 2 aromatic rings. The zero-order chi connectivity index (χ0) is 16.2. The highest BCUT2D eigenvalue weighted by molar-refractivity contribution is 5.88. The van der Waals surface area contributed by atoms with E-state index in [-0.39, 0.29) is 5.91 Å². The lowest BCUT2D eigenvalue weighted by atomic mass is 9.95. The fourth-order valence-corrected chi connectivity index (χ4v) is 2.82. The first-order valence-electron chi connectivity index (χ1n) is 7.53. The van der Waals surface area contributed by atoms with Crippen LogP contribution in [0.4, 0.5) is 0 Å². The third-order valence-electron chi connectivity index (χ3n) is 4.06. The second-order valence-corrected chi connectivity index (χ2v) is 5.60. The van der Waals surface area contributed by atoms with Gasteiger partial charge in [-0.05, 0) is 23.1 Å². The van der Waals surface area contributed by atoms with Crippen LogP contribution in [0.1, 0.15) is 22.7 Å². The third kappa shape index (κ3) is 3.40. The number of fused-ring (bicyclic) bond motifs is 1. The summed E-state index contributed by atoms with van der Waals surface area (Å²) in [6, 6.07) is 15.2. The minimum atomic E-state index is -1.07. The Bertz CT molecular complexity index is 715. The van der Waals surface area contributed by atoms with Crippen molar-refractivity contribution in [3.05, 3.63) is 71.3 Å². The number of rotatable bonds is 4. The summed E-state index contributed by atoms with van der Waals surface area (Å²) in [6.07, 6.45) is 0.559. The molecule has 1 aliphatic heterocycles. The van der Waals surface area contributed by atoms with E-state index < -0.39 is 18.1 Å². The molecule has 2 aromatic carbocycles. The van der Waals surface area contributed by atoms with Crippen LogP contribution in [-0.4, -0.2) is 23.0 Å². The van der Waals surface area contributed by atoms with Crippen LogP contribution < -0.4 is 10.6 Å². The minimum Gasteiger partial charge on any atom is -0.479 e. The van der Waals surface area contributed by atoms with Crippen molar-refractivity contribution in [1.82, 2.24) is 10.6 Å². The van der Waals surface area contributed by atoms with Gasteiger partial charge in [0.15, 0.2) is 6.04 Å². The Labute approximate surface area is 134 Å². The van der Waals surface area contributed by atoms with Gasteiger partial charge in [-0.25, -0.2) is 4.79 Å². The van der Waals surface area contributed by atoms with Crippen molar-refractivity contribution in [2.75, 3.05) is 0 Å². The number of hydrogen-bond donors (Lipinski definition) is 3. The Hall–Kier alpha value is -2.66. The van der Waals surface area contributed by atoms with Crippen LogP contribution in [0.25, 0.3) is 0 Å². The molecule has 0 aliphatic carbocycles. The van der Waals surface area contributed by atoms with E-state index in [0.29, 0.717) is 18.5 Å². The number of aliphatic carboxylic acids is 1. The first-order valence-corrected chi connectivity index (χ1v) is 7.53. The van der Waals surface area contributed by atoms with Crippen LogP contribution in [0.15, 0.2) is 54.6 Å². The number of nitrogens with one attached hydrogen (secondary N) is 2. The topological polar surface area (TPSA) is 78.4 Å². The zero-order valence-corrected chi connectivity index (χ0v) is 12.5. The highest BCUT2D eigenvalue weighted by Crippen LogP contribution is 2.18. The molecule has 3 rings (SSSR count). The van der Waals surface area contributed by atoms with E-state index in [1.54, 1.807) is 24.3 Å². The third-order valence-corrected chi connectivity index (χ3v) is 4.06. The van der Waals surface area contributed by atoms with Crippen molar-refractivity contribution < 1.29 is 14.7 Å². The van der Waals surface area contributed by atoms with Crippen LogP contribution in [0.2, 0.25) is 0 Å². The molecule has 118 valence electrons. The fraction of sp³-hybridized carbons (Fsp3) is 0.222. The monoisotopic (exact) mass is 310 g/mol. The maximum absolute atomic E-state index is 12.5. The number of benzene rings is 2. The van der Waals surface area contributed by atoms with Gasteiger partial charge in [-0.3, -0.25) is 4.79 Å². The number of amides is 1. The molecule has 0 saturated heterocycles. The predicted molar refractivity (Wildman–Crippen MR) is 85.7 cm³/mol. The summed E-state index contributed by atoms with van der Waals surface area (Å²) in [5.41, 5.74) is 2.86. The van der Waals surface area contributed by atoms with Crippen molar-refractivity contribution >= 4 is 11.9 Å². The van der Waals surface area contributed by atoms with Crippen molar-refractivity contribution in [3.8, 4) is 0 Å². The van der Waals surface area contributed by atoms with E-state index in [0.717, 1.165) is 5.56 Å². The highest BCUT2D eigenvalue weighted by Gasteiger charge is 2.28. The normalized spacial score (nSPS) is 17.8. The summed E-state index contributed by atoms with van der Waals surface area (Å²) in [7, 11) is 0. The molecule has 0 spiro atoms. The van der Waals surface area contributed by atoms with Gasteiger partial charge in [-0.1, -0.05) is 54.6 Å². The second-order valence-electron chi connectivity index (χ2n) is 5.60. The summed E-state index contributed by atoms with van der Waals surface area (Å²) in [5, 5.41) is 15.2. The highest BCUT2D eigenvalue weighted by atomic mass is 16.4. The summed E-state index contributed by atoms with van der Waals surface area (Å²) >= 11 is 0.